The number of methoxy groups -OCH3 is 1. The molecule has 164 valence electrons. The van der Waals surface area contributed by atoms with Gasteiger partial charge in [0.25, 0.3) is 0 Å². The number of sulfonamides is 1. The molecule has 11 heteroatoms. The molecule has 0 bridgehead atoms. The predicted molar refractivity (Wildman–Crippen MR) is 115 cm³/mol. The summed E-state index contributed by atoms with van der Waals surface area (Å²) in [4.78, 5) is 19.5. The van der Waals surface area contributed by atoms with E-state index < -0.39 is 10.0 Å². The van der Waals surface area contributed by atoms with Crippen molar-refractivity contribution in [2.24, 2.45) is 0 Å². The van der Waals surface area contributed by atoms with Gasteiger partial charge in [-0.3, -0.25) is 4.79 Å². The van der Waals surface area contributed by atoms with Gasteiger partial charge in [-0.1, -0.05) is 17.3 Å². The minimum Gasteiger partial charge on any atom is -0.497 e. The van der Waals surface area contributed by atoms with Crippen LogP contribution in [0.15, 0.2) is 39.8 Å². The minimum absolute atomic E-state index is 0.0787. The van der Waals surface area contributed by atoms with Crippen molar-refractivity contribution in [2.45, 2.75) is 31.2 Å². The zero-order valence-corrected chi connectivity index (χ0v) is 18.8. The van der Waals surface area contributed by atoms with E-state index in [0.717, 1.165) is 18.4 Å². The average molecular weight is 463 g/mol. The molecule has 1 aliphatic rings. The van der Waals surface area contributed by atoms with Crippen molar-refractivity contribution in [3.05, 3.63) is 46.7 Å². The Kier molecular flexibility index (Phi) is 6.08. The van der Waals surface area contributed by atoms with E-state index in [9.17, 15) is 13.2 Å². The summed E-state index contributed by atoms with van der Waals surface area (Å²) >= 11 is 1.23. The van der Waals surface area contributed by atoms with E-state index in [1.165, 1.54) is 17.4 Å². The van der Waals surface area contributed by atoms with E-state index in [4.69, 9.17) is 9.26 Å². The molecule has 9 nitrogen and oxygen atoms in total. The number of thiophene rings is 1. The SMILES string of the molecule is COc1ccc(CNS(=O)(=O)c2cc(-c3noc(C(=O)N4CCCC4)n3)sc2C)cc1. The first kappa shape index (κ1) is 21.5. The normalized spacial score (nSPS) is 14.2. The zero-order chi connectivity index (χ0) is 22.0. The maximum Gasteiger partial charge on any atom is 0.316 e. The van der Waals surface area contributed by atoms with Crippen LogP contribution in [0.3, 0.4) is 0 Å². The average Bonchev–Trinajstić information content (AvgIpc) is 3.52. The van der Waals surface area contributed by atoms with E-state index in [-0.39, 0.29) is 29.1 Å². The zero-order valence-electron chi connectivity index (χ0n) is 17.1. The maximum absolute atomic E-state index is 12.8. The summed E-state index contributed by atoms with van der Waals surface area (Å²) in [7, 11) is -2.17. The lowest BCUT2D eigenvalue weighted by atomic mass is 10.2. The first-order valence-corrected chi connectivity index (χ1v) is 12.0. The standard InChI is InChI=1S/C20H22N4O5S2/c1-13-17(31(26,27)21-12-14-5-7-15(28-2)8-6-14)11-16(30-13)18-22-19(29-23-18)20(25)24-9-3-4-10-24/h5-8,11,21H,3-4,9-10,12H2,1-2H3. The third-order valence-corrected chi connectivity index (χ3v) is 7.71. The Balaban J connectivity index is 1.49. The van der Waals surface area contributed by atoms with E-state index >= 15 is 0 Å². The highest BCUT2D eigenvalue weighted by Crippen LogP contribution is 2.32. The Morgan fingerprint density at radius 1 is 1.26 bits per heavy atom. The number of likely N-dealkylation sites (tertiary alicyclic amines) is 1. The van der Waals surface area contributed by atoms with E-state index in [1.54, 1.807) is 43.2 Å². The fourth-order valence-electron chi connectivity index (χ4n) is 3.31. The molecule has 2 aromatic heterocycles. The van der Waals surface area contributed by atoms with Crippen LogP contribution < -0.4 is 9.46 Å². The van der Waals surface area contributed by atoms with Crippen LogP contribution in [-0.2, 0) is 16.6 Å². The van der Waals surface area contributed by atoms with E-state index in [1.807, 2.05) is 0 Å². The number of hydrogen-bond acceptors (Lipinski definition) is 8. The highest BCUT2D eigenvalue weighted by Gasteiger charge is 2.27. The first-order valence-electron chi connectivity index (χ1n) is 9.74. The molecular formula is C20H22N4O5S2. The fraction of sp³-hybridized carbons (Fsp3) is 0.350. The van der Waals surface area contributed by atoms with Gasteiger partial charge in [0.05, 0.1) is 16.9 Å². The first-order chi connectivity index (χ1) is 14.9. The Bertz CT molecular complexity index is 1180. The lowest BCUT2D eigenvalue weighted by Crippen LogP contribution is -2.27. The van der Waals surface area contributed by atoms with Gasteiger partial charge in [0, 0.05) is 24.5 Å². The van der Waals surface area contributed by atoms with Gasteiger partial charge in [0.15, 0.2) is 0 Å². The number of carbonyl (C=O) groups excluding carboxylic acids is 1. The van der Waals surface area contributed by atoms with Crippen molar-refractivity contribution in [2.75, 3.05) is 20.2 Å². The second-order valence-electron chi connectivity index (χ2n) is 7.13. The molecule has 0 atom stereocenters. The molecule has 0 unspecified atom stereocenters. The molecule has 4 rings (SSSR count). The topological polar surface area (TPSA) is 115 Å². The Labute approximate surface area is 184 Å². The quantitative estimate of drug-likeness (QED) is 0.574. The Morgan fingerprint density at radius 2 is 1.97 bits per heavy atom. The second kappa shape index (κ2) is 8.77. The van der Waals surface area contributed by atoms with Gasteiger partial charge >= 0.3 is 11.8 Å². The largest absolute Gasteiger partial charge is 0.497 e. The highest BCUT2D eigenvalue weighted by molar-refractivity contribution is 7.89. The lowest BCUT2D eigenvalue weighted by molar-refractivity contribution is 0.0743. The summed E-state index contributed by atoms with van der Waals surface area (Å²) in [5.41, 5.74) is 0.806. The van der Waals surface area contributed by atoms with Crippen LogP contribution in [0.1, 0.15) is 34.0 Å². The van der Waals surface area contributed by atoms with Gasteiger partial charge in [-0.25, -0.2) is 13.1 Å². The summed E-state index contributed by atoms with van der Waals surface area (Å²) in [6.07, 6.45) is 1.92. The summed E-state index contributed by atoms with van der Waals surface area (Å²) in [5, 5.41) is 3.88. The molecule has 31 heavy (non-hydrogen) atoms. The lowest BCUT2D eigenvalue weighted by Gasteiger charge is -2.10. The van der Waals surface area contributed by atoms with E-state index in [0.29, 0.717) is 28.6 Å². The molecule has 0 aliphatic carbocycles. The van der Waals surface area contributed by atoms with E-state index in [2.05, 4.69) is 14.9 Å². The van der Waals surface area contributed by atoms with Crippen LogP contribution in [0.4, 0.5) is 0 Å². The summed E-state index contributed by atoms with van der Waals surface area (Å²) < 4.78 is 38.5. The third-order valence-electron chi connectivity index (χ3n) is 5.01. The number of benzene rings is 1. The van der Waals surface area contributed by atoms with Crippen LogP contribution in [0.5, 0.6) is 5.75 Å². The molecule has 1 amide bonds. The Hall–Kier alpha value is -2.76. The van der Waals surface area contributed by atoms with Crippen molar-refractivity contribution < 1.29 is 22.5 Å². The number of aryl methyl sites for hydroxylation is 1. The van der Waals surface area contributed by atoms with Crippen LogP contribution in [0, 0.1) is 6.92 Å². The summed E-state index contributed by atoms with van der Waals surface area (Å²) in [5.74, 6) is 0.531. The van der Waals surface area contributed by atoms with Gasteiger partial charge in [0.1, 0.15) is 5.75 Å². The predicted octanol–water partition coefficient (Wildman–Crippen LogP) is 2.83. The van der Waals surface area contributed by atoms with Crippen LogP contribution in [0.2, 0.25) is 0 Å². The van der Waals surface area contributed by atoms with Gasteiger partial charge in [-0.2, -0.15) is 4.98 Å². The molecule has 1 N–H and O–H groups in total. The number of nitrogens with zero attached hydrogens (tertiary/aromatic N) is 3. The number of carbonyl (C=O) groups is 1. The molecule has 1 aliphatic heterocycles. The molecule has 1 saturated heterocycles. The number of rotatable bonds is 7. The highest BCUT2D eigenvalue weighted by atomic mass is 32.2. The summed E-state index contributed by atoms with van der Waals surface area (Å²) in [6.45, 7) is 3.22. The van der Waals surface area contributed by atoms with Crippen LogP contribution in [-0.4, -0.2) is 49.6 Å². The van der Waals surface area contributed by atoms with Crippen molar-refractivity contribution in [1.82, 2.24) is 19.8 Å². The molecule has 1 aromatic carbocycles. The maximum atomic E-state index is 12.8. The molecule has 3 heterocycles. The molecule has 0 radical (unpaired) electrons. The van der Waals surface area contributed by atoms with Gasteiger partial charge in [-0.15, -0.1) is 11.3 Å². The summed E-state index contributed by atoms with van der Waals surface area (Å²) in [6, 6.07) is 8.64. The van der Waals surface area contributed by atoms with Gasteiger partial charge in [-0.05, 0) is 43.5 Å². The van der Waals surface area contributed by atoms with Gasteiger partial charge < -0.3 is 14.2 Å². The molecule has 3 aromatic rings. The van der Waals surface area contributed by atoms with Gasteiger partial charge in [0.2, 0.25) is 15.8 Å². The number of amides is 1. The molecule has 1 fully saturated rings. The molecule has 0 saturated carbocycles. The van der Waals surface area contributed by atoms with Crippen LogP contribution in [0.25, 0.3) is 10.7 Å². The Morgan fingerprint density at radius 3 is 2.65 bits per heavy atom. The van der Waals surface area contributed by atoms with Crippen molar-refractivity contribution >= 4 is 27.3 Å². The smallest absolute Gasteiger partial charge is 0.316 e. The molecular weight excluding hydrogens is 440 g/mol. The molecule has 0 spiro atoms. The van der Waals surface area contributed by atoms with Crippen LogP contribution >= 0.6 is 11.3 Å². The third kappa shape index (κ3) is 4.63. The number of nitrogens with one attached hydrogen (secondary N) is 1. The number of aromatic nitrogens is 2. The second-order valence-corrected chi connectivity index (χ2v) is 10.1. The monoisotopic (exact) mass is 462 g/mol. The minimum atomic E-state index is -3.75. The van der Waals surface area contributed by atoms with Crippen molar-refractivity contribution in [3.63, 3.8) is 0 Å². The number of ether oxygens (including phenoxy) is 1. The number of hydrogen-bond donors (Lipinski definition) is 1. The van der Waals surface area contributed by atoms with Crippen molar-refractivity contribution in [3.8, 4) is 16.5 Å². The fourth-order valence-corrected chi connectivity index (χ4v) is 5.84. The van der Waals surface area contributed by atoms with Crippen molar-refractivity contribution in [1.29, 1.82) is 0 Å².